The van der Waals surface area contributed by atoms with Crippen LogP contribution in [0.3, 0.4) is 0 Å². The van der Waals surface area contributed by atoms with Crippen LogP contribution in [-0.4, -0.2) is 21.0 Å². The van der Waals surface area contributed by atoms with Crippen molar-refractivity contribution in [2.75, 3.05) is 0 Å². The molecule has 0 amide bonds. The molecule has 5 nitrogen and oxygen atoms in total. The number of ether oxygens (including phenoxy) is 1. The molecule has 0 spiro atoms. The summed E-state index contributed by atoms with van der Waals surface area (Å²) in [7, 11) is 0. The summed E-state index contributed by atoms with van der Waals surface area (Å²) in [6.45, 7) is 3.88. The third-order valence-corrected chi connectivity index (χ3v) is 2.84. The summed E-state index contributed by atoms with van der Waals surface area (Å²) in [6, 6.07) is 6.53. The van der Waals surface area contributed by atoms with Gasteiger partial charge in [0.15, 0.2) is 0 Å². The fourth-order valence-corrected chi connectivity index (χ4v) is 1.84. The maximum Gasteiger partial charge on any atom is 0.335 e. The Hall–Kier alpha value is -2.43. The Labute approximate surface area is 117 Å². The molecule has 0 radical (unpaired) electrons. The molecular weight excluding hydrogens is 256 g/mol. The van der Waals surface area contributed by atoms with Crippen molar-refractivity contribution in [3.63, 3.8) is 0 Å². The molecule has 1 aromatic heterocycles. The molecule has 0 bridgehead atoms. The fraction of sp³-hybridized carbons (Fsp3) is 0.267. The lowest BCUT2D eigenvalue weighted by Gasteiger charge is -2.09. The number of aryl methyl sites for hydroxylation is 2. The van der Waals surface area contributed by atoms with Gasteiger partial charge >= 0.3 is 5.97 Å². The van der Waals surface area contributed by atoms with Gasteiger partial charge in [-0.1, -0.05) is 13.3 Å². The topological polar surface area (TPSA) is 72.3 Å². The average molecular weight is 272 g/mol. The van der Waals surface area contributed by atoms with Gasteiger partial charge < -0.3 is 9.84 Å². The first-order valence-electron chi connectivity index (χ1n) is 6.43. The van der Waals surface area contributed by atoms with Gasteiger partial charge in [-0.3, -0.25) is 0 Å². The summed E-state index contributed by atoms with van der Waals surface area (Å²) in [5.41, 5.74) is 1.92. The van der Waals surface area contributed by atoms with Gasteiger partial charge in [0.05, 0.1) is 5.56 Å². The van der Waals surface area contributed by atoms with E-state index in [0.29, 0.717) is 11.6 Å². The van der Waals surface area contributed by atoms with E-state index >= 15 is 0 Å². The highest BCUT2D eigenvalue weighted by Crippen LogP contribution is 2.24. The summed E-state index contributed by atoms with van der Waals surface area (Å²) in [5.74, 6) is 0.109. The predicted octanol–water partition coefficient (Wildman–Crippen LogP) is 3.23. The quantitative estimate of drug-likeness (QED) is 0.904. The lowest BCUT2D eigenvalue weighted by Crippen LogP contribution is -1.98. The molecule has 2 rings (SSSR count). The first-order valence-corrected chi connectivity index (χ1v) is 6.43. The molecule has 1 aromatic carbocycles. The van der Waals surface area contributed by atoms with Gasteiger partial charge in [-0.2, -0.15) is 0 Å². The Bertz CT molecular complexity index is 626. The molecule has 0 aliphatic heterocycles. The molecule has 0 fully saturated rings. The summed E-state index contributed by atoms with van der Waals surface area (Å²) >= 11 is 0. The Morgan fingerprint density at radius 1 is 1.30 bits per heavy atom. The van der Waals surface area contributed by atoms with Crippen molar-refractivity contribution in [2.24, 2.45) is 0 Å². The van der Waals surface area contributed by atoms with E-state index in [1.54, 1.807) is 25.1 Å². The molecule has 2 aromatic rings. The smallest absolute Gasteiger partial charge is 0.335 e. The maximum atomic E-state index is 10.9. The summed E-state index contributed by atoms with van der Waals surface area (Å²) in [6.07, 6.45) is 3.35. The van der Waals surface area contributed by atoms with Crippen LogP contribution in [0.5, 0.6) is 11.6 Å². The Morgan fingerprint density at radius 3 is 2.75 bits per heavy atom. The van der Waals surface area contributed by atoms with E-state index in [1.807, 2.05) is 0 Å². The molecule has 0 saturated heterocycles. The highest BCUT2D eigenvalue weighted by Gasteiger charge is 2.08. The minimum atomic E-state index is -0.952. The molecule has 0 unspecified atom stereocenters. The van der Waals surface area contributed by atoms with Gasteiger partial charge in [0.1, 0.15) is 12.1 Å². The van der Waals surface area contributed by atoms with Crippen LogP contribution >= 0.6 is 0 Å². The number of benzene rings is 1. The van der Waals surface area contributed by atoms with E-state index < -0.39 is 5.97 Å². The number of rotatable bonds is 5. The van der Waals surface area contributed by atoms with Gasteiger partial charge in [0, 0.05) is 11.8 Å². The zero-order chi connectivity index (χ0) is 14.5. The number of aromatic nitrogens is 2. The van der Waals surface area contributed by atoms with Crippen LogP contribution in [-0.2, 0) is 6.42 Å². The zero-order valence-electron chi connectivity index (χ0n) is 11.5. The molecule has 0 aliphatic carbocycles. The van der Waals surface area contributed by atoms with E-state index in [2.05, 4.69) is 16.9 Å². The third kappa shape index (κ3) is 3.32. The minimum Gasteiger partial charge on any atom is -0.478 e. The fourth-order valence-electron chi connectivity index (χ4n) is 1.84. The summed E-state index contributed by atoms with van der Waals surface area (Å²) in [5, 5.41) is 8.92. The Balaban J connectivity index is 2.21. The molecule has 20 heavy (non-hydrogen) atoms. The minimum absolute atomic E-state index is 0.240. The largest absolute Gasteiger partial charge is 0.478 e. The normalized spacial score (nSPS) is 10.3. The van der Waals surface area contributed by atoms with E-state index in [4.69, 9.17) is 9.84 Å². The van der Waals surface area contributed by atoms with Crippen LogP contribution in [0.15, 0.2) is 30.6 Å². The van der Waals surface area contributed by atoms with Crippen molar-refractivity contribution in [1.82, 2.24) is 9.97 Å². The molecule has 104 valence electrons. The number of carboxylic acids is 1. The molecule has 0 aliphatic rings. The standard InChI is InChI=1S/C15H16N2O3/c1-3-4-12-8-14(17-9-16-12)20-13-6-5-11(15(18)19)7-10(13)2/h5-9H,3-4H2,1-2H3,(H,18,19). The molecule has 0 atom stereocenters. The van der Waals surface area contributed by atoms with Crippen LogP contribution in [0.2, 0.25) is 0 Å². The van der Waals surface area contributed by atoms with Crippen molar-refractivity contribution in [1.29, 1.82) is 0 Å². The van der Waals surface area contributed by atoms with Crippen LogP contribution in [0.25, 0.3) is 0 Å². The van der Waals surface area contributed by atoms with Crippen molar-refractivity contribution in [2.45, 2.75) is 26.7 Å². The molecule has 1 heterocycles. The maximum absolute atomic E-state index is 10.9. The van der Waals surface area contributed by atoms with E-state index in [9.17, 15) is 4.79 Å². The van der Waals surface area contributed by atoms with E-state index in [0.717, 1.165) is 24.1 Å². The number of hydrogen-bond donors (Lipinski definition) is 1. The van der Waals surface area contributed by atoms with E-state index in [1.165, 1.54) is 12.4 Å². The summed E-state index contributed by atoms with van der Waals surface area (Å²) < 4.78 is 5.69. The van der Waals surface area contributed by atoms with Gasteiger partial charge in [0.25, 0.3) is 0 Å². The number of carbonyl (C=O) groups is 1. The third-order valence-electron chi connectivity index (χ3n) is 2.84. The number of nitrogens with zero attached hydrogens (tertiary/aromatic N) is 2. The highest BCUT2D eigenvalue weighted by molar-refractivity contribution is 5.88. The highest BCUT2D eigenvalue weighted by atomic mass is 16.5. The van der Waals surface area contributed by atoms with Crippen molar-refractivity contribution in [3.8, 4) is 11.6 Å². The van der Waals surface area contributed by atoms with E-state index in [-0.39, 0.29) is 5.56 Å². The molecular formula is C15H16N2O3. The Kier molecular flexibility index (Phi) is 4.30. The average Bonchev–Trinajstić information content (AvgIpc) is 2.42. The van der Waals surface area contributed by atoms with Crippen molar-refractivity contribution in [3.05, 3.63) is 47.4 Å². The molecule has 1 N–H and O–H groups in total. The number of hydrogen-bond acceptors (Lipinski definition) is 4. The van der Waals surface area contributed by atoms with Gasteiger partial charge in [0.2, 0.25) is 5.88 Å². The van der Waals surface area contributed by atoms with Crippen LogP contribution in [0.4, 0.5) is 0 Å². The van der Waals surface area contributed by atoms with Crippen molar-refractivity contribution >= 4 is 5.97 Å². The van der Waals surface area contributed by atoms with Crippen molar-refractivity contribution < 1.29 is 14.6 Å². The molecule has 0 saturated carbocycles. The zero-order valence-corrected chi connectivity index (χ0v) is 11.5. The lowest BCUT2D eigenvalue weighted by molar-refractivity contribution is 0.0697. The second-order valence-electron chi connectivity index (χ2n) is 4.49. The number of carboxylic acid groups (broad SMARTS) is 1. The van der Waals surface area contributed by atoms with Crippen LogP contribution in [0, 0.1) is 6.92 Å². The SMILES string of the molecule is CCCc1cc(Oc2ccc(C(=O)O)cc2C)ncn1. The predicted molar refractivity (Wildman–Crippen MR) is 74.2 cm³/mol. The van der Waals surface area contributed by atoms with Crippen LogP contribution < -0.4 is 4.74 Å². The number of aromatic carboxylic acids is 1. The van der Waals surface area contributed by atoms with Gasteiger partial charge in [-0.15, -0.1) is 0 Å². The van der Waals surface area contributed by atoms with Gasteiger partial charge in [-0.25, -0.2) is 14.8 Å². The lowest BCUT2D eigenvalue weighted by atomic mass is 10.1. The first kappa shape index (κ1) is 14.0. The first-order chi connectivity index (χ1) is 9.60. The van der Waals surface area contributed by atoms with Crippen LogP contribution in [0.1, 0.15) is 35.0 Å². The molecule has 5 heteroatoms. The second kappa shape index (κ2) is 6.14. The Morgan fingerprint density at radius 2 is 2.10 bits per heavy atom. The summed E-state index contributed by atoms with van der Waals surface area (Å²) in [4.78, 5) is 19.1. The monoisotopic (exact) mass is 272 g/mol. The van der Waals surface area contributed by atoms with Gasteiger partial charge in [-0.05, 0) is 37.1 Å². The second-order valence-corrected chi connectivity index (χ2v) is 4.49.